The number of urea groups is 1. The predicted molar refractivity (Wildman–Crippen MR) is 87.4 cm³/mol. The Hall–Kier alpha value is -1.14. The lowest BCUT2D eigenvalue weighted by Gasteiger charge is -2.32. The first-order valence-corrected chi connectivity index (χ1v) is 8.47. The van der Waals surface area contributed by atoms with Gasteiger partial charge >= 0.3 is 6.03 Å². The highest BCUT2D eigenvalue weighted by Crippen LogP contribution is 2.17. The molecule has 1 N–H and O–H groups in total. The number of hydrogen-bond acceptors (Lipinski definition) is 2. The van der Waals surface area contributed by atoms with Crippen molar-refractivity contribution in [3.8, 4) is 0 Å². The number of carbonyl (C=O) groups excluding carboxylic acids is 1. The van der Waals surface area contributed by atoms with Crippen LogP contribution >= 0.6 is 15.9 Å². The van der Waals surface area contributed by atoms with E-state index in [0.29, 0.717) is 30.6 Å². The lowest BCUT2D eigenvalue weighted by molar-refractivity contribution is 0.0165. The van der Waals surface area contributed by atoms with Crippen molar-refractivity contribution in [2.24, 2.45) is 0 Å². The van der Waals surface area contributed by atoms with E-state index >= 15 is 0 Å². The lowest BCUT2D eigenvalue weighted by Crippen LogP contribution is -2.48. The number of amides is 2. The normalized spacial score (nSPS) is 18.3. The summed E-state index contributed by atoms with van der Waals surface area (Å²) < 4.78 is 19.2. The molecule has 1 aliphatic heterocycles. The molecule has 4 nitrogen and oxygen atoms in total. The van der Waals surface area contributed by atoms with E-state index in [2.05, 4.69) is 21.2 Å². The first-order chi connectivity index (χ1) is 10.6. The molecule has 1 aromatic rings. The number of rotatable bonds is 5. The summed E-state index contributed by atoms with van der Waals surface area (Å²) >= 11 is 3.17. The number of halogens is 2. The van der Waals surface area contributed by atoms with Gasteiger partial charge in [-0.15, -0.1) is 0 Å². The average Bonchev–Trinajstić information content (AvgIpc) is 2.51. The maximum atomic E-state index is 13.2. The number of benzene rings is 1. The molecule has 1 unspecified atom stereocenters. The fraction of sp³-hybridized carbons (Fsp3) is 0.562. The molecule has 2 rings (SSSR count). The number of piperidine rings is 1. The van der Waals surface area contributed by atoms with Crippen molar-refractivity contribution >= 4 is 22.0 Å². The number of hydrogen-bond donors (Lipinski definition) is 1. The maximum absolute atomic E-state index is 13.2. The summed E-state index contributed by atoms with van der Waals surface area (Å²) in [4.78, 5) is 14.0. The van der Waals surface area contributed by atoms with E-state index in [1.54, 1.807) is 12.1 Å². The number of ether oxygens (including phenoxy) is 1. The Morgan fingerprint density at radius 3 is 3.09 bits per heavy atom. The Balaban J connectivity index is 1.76. The van der Waals surface area contributed by atoms with E-state index in [1.807, 2.05) is 11.8 Å². The molecule has 1 aromatic carbocycles. The zero-order valence-corrected chi connectivity index (χ0v) is 14.4. The standard InChI is InChI=1S/C16H22BrFN2O2/c1-2-22-13-4-3-9-20(11-13)16(21)19-8-7-12-5-6-15(18)14(17)10-12/h5-6,10,13H,2-4,7-9,11H2,1H3,(H,19,21). The quantitative estimate of drug-likeness (QED) is 0.860. The van der Waals surface area contributed by atoms with Crippen LogP contribution in [0.3, 0.4) is 0 Å². The summed E-state index contributed by atoms with van der Waals surface area (Å²) in [6.45, 7) is 4.62. The van der Waals surface area contributed by atoms with Crippen LogP contribution in [0.5, 0.6) is 0 Å². The van der Waals surface area contributed by atoms with Gasteiger partial charge in [0.1, 0.15) is 5.82 Å². The van der Waals surface area contributed by atoms with E-state index in [0.717, 1.165) is 24.9 Å². The molecule has 1 fully saturated rings. The molecule has 0 aromatic heterocycles. The Bertz CT molecular complexity index is 511. The third-order valence-corrected chi connectivity index (χ3v) is 4.35. The summed E-state index contributed by atoms with van der Waals surface area (Å²) in [5.74, 6) is -0.275. The van der Waals surface area contributed by atoms with Crippen molar-refractivity contribution < 1.29 is 13.9 Å². The van der Waals surface area contributed by atoms with E-state index in [-0.39, 0.29) is 18.0 Å². The van der Waals surface area contributed by atoms with Gasteiger partial charge in [0.25, 0.3) is 0 Å². The monoisotopic (exact) mass is 372 g/mol. The summed E-state index contributed by atoms with van der Waals surface area (Å²) in [6.07, 6.45) is 2.81. The highest BCUT2D eigenvalue weighted by molar-refractivity contribution is 9.10. The van der Waals surface area contributed by atoms with E-state index in [1.165, 1.54) is 6.07 Å². The molecule has 22 heavy (non-hydrogen) atoms. The third kappa shape index (κ3) is 4.95. The van der Waals surface area contributed by atoms with Crippen LogP contribution < -0.4 is 5.32 Å². The minimum atomic E-state index is -0.275. The predicted octanol–water partition coefficient (Wildman–Crippen LogP) is 3.34. The topological polar surface area (TPSA) is 41.6 Å². The van der Waals surface area contributed by atoms with Crippen molar-refractivity contribution in [2.75, 3.05) is 26.2 Å². The van der Waals surface area contributed by atoms with Crippen molar-refractivity contribution in [3.05, 3.63) is 34.1 Å². The van der Waals surface area contributed by atoms with Gasteiger partial charge < -0.3 is 15.0 Å². The van der Waals surface area contributed by atoms with Crippen LogP contribution in [-0.2, 0) is 11.2 Å². The molecule has 0 spiro atoms. The molecule has 1 aliphatic rings. The molecular weight excluding hydrogens is 351 g/mol. The Labute approximate surface area is 139 Å². The highest BCUT2D eigenvalue weighted by Gasteiger charge is 2.23. The van der Waals surface area contributed by atoms with Crippen molar-refractivity contribution in [1.82, 2.24) is 10.2 Å². The number of likely N-dealkylation sites (tertiary alicyclic amines) is 1. The van der Waals surface area contributed by atoms with Crippen molar-refractivity contribution in [3.63, 3.8) is 0 Å². The number of carbonyl (C=O) groups is 1. The first-order valence-electron chi connectivity index (χ1n) is 7.68. The highest BCUT2D eigenvalue weighted by atomic mass is 79.9. The smallest absolute Gasteiger partial charge is 0.317 e. The molecule has 1 atom stereocenters. The van der Waals surface area contributed by atoms with Gasteiger partial charge in [-0.05, 0) is 59.8 Å². The van der Waals surface area contributed by atoms with Crippen LogP contribution in [0.2, 0.25) is 0 Å². The summed E-state index contributed by atoms with van der Waals surface area (Å²) in [6, 6.07) is 4.86. The van der Waals surface area contributed by atoms with Gasteiger partial charge in [-0.1, -0.05) is 6.07 Å². The molecular formula is C16H22BrFN2O2. The van der Waals surface area contributed by atoms with Crippen molar-refractivity contribution in [2.45, 2.75) is 32.3 Å². The fourth-order valence-corrected chi connectivity index (χ4v) is 3.04. The van der Waals surface area contributed by atoms with Gasteiger partial charge in [-0.3, -0.25) is 0 Å². The molecule has 6 heteroatoms. The second-order valence-electron chi connectivity index (χ2n) is 5.40. The molecule has 2 amide bonds. The Morgan fingerprint density at radius 2 is 2.36 bits per heavy atom. The Morgan fingerprint density at radius 1 is 1.55 bits per heavy atom. The molecule has 0 radical (unpaired) electrons. The van der Waals surface area contributed by atoms with Crippen LogP contribution in [-0.4, -0.2) is 43.3 Å². The molecule has 1 saturated heterocycles. The largest absolute Gasteiger partial charge is 0.377 e. The molecule has 0 bridgehead atoms. The minimum absolute atomic E-state index is 0.0504. The lowest BCUT2D eigenvalue weighted by atomic mass is 10.1. The van der Waals surface area contributed by atoms with Gasteiger partial charge in [0.05, 0.1) is 10.6 Å². The van der Waals surface area contributed by atoms with Crippen LogP contribution in [0.1, 0.15) is 25.3 Å². The van der Waals surface area contributed by atoms with Gasteiger partial charge in [0.15, 0.2) is 0 Å². The van der Waals surface area contributed by atoms with E-state index < -0.39 is 0 Å². The van der Waals surface area contributed by atoms with Crippen LogP contribution in [0.4, 0.5) is 9.18 Å². The van der Waals surface area contributed by atoms with Gasteiger partial charge in [0, 0.05) is 26.2 Å². The van der Waals surface area contributed by atoms with Crippen LogP contribution in [0, 0.1) is 5.82 Å². The first kappa shape index (κ1) is 17.2. The van der Waals surface area contributed by atoms with E-state index in [4.69, 9.17) is 4.74 Å². The average molecular weight is 373 g/mol. The van der Waals surface area contributed by atoms with Gasteiger partial charge in [-0.2, -0.15) is 0 Å². The summed E-state index contributed by atoms with van der Waals surface area (Å²) in [5, 5.41) is 2.92. The summed E-state index contributed by atoms with van der Waals surface area (Å²) in [5.41, 5.74) is 0.986. The number of nitrogens with one attached hydrogen (secondary N) is 1. The third-order valence-electron chi connectivity index (χ3n) is 3.74. The van der Waals surface area contributed by atoms with E-state index in [9.17, 15) is 9.18 Å². The summed E-state index contributed by atoms with van der Waals surface area (Å²) in [7, 11) is 0. The Kier molecular flexibility index (Phi) is 6.64. The van der Waals surface area contributed by atoms with Crippen LogP contribution in [0.15, 0.2) is 22.7 Å². The molecule has 1 heterocycles. The molecule has 0 aliphatic carbocycles. The maximum Gasteiger partial charge on any atom is 0.317 e. The van der Waals surface area contributed by atoms with Gasteiger partial charge in [0.2, 0.25) is 0 Å². The minimum Gasteiger partial charge on any atom is -0.377 e. The molecule has 0 saturated carbocycles. The number of nitrogens with zero attached hydrogens (tertiary/aromatic N) is 1. The van der Waals surface area contributed by atoms with Crippen molar-refractivity contribution in [1.29, 1.82) is 0 Å². The molecule has 122 valence electrons. The van der Waals surface area contributed by atoms with Crippen LogP contribution in [0.25, 0.3) is 0 Å². The van der Waals surface area contributed by atoms with Gasteiger partial charge in [-0.25, -0.2) is 9.18 Å². The SMILES string of the molecule is CCOC1CCCN(C(=O)NCCc2ccc(F)c(Br)c2)C1. The zero-order chi connectivity index (χ0) is 15.9. The second kappa shape index (κ2) is 8.48. The second-order valence-corrected chi connectivity index (χ2v) is 6.25. The zero-order valence-electron chi connectivity index (χ0n) is 12.8. The fourth-order valence-electron chi connectivity index (χ4n) is 2.62.